The molecule has 0 aromatic heterocycles. The van der Waals surface area contributed by atoms with Gasteiger partial charge in [0.1, 0.15) is 17.7 Å². The van der Waals surface area contributed by atoms with Gasteiger partial charge in [-0.15, -0.1) is 5.92 Å². The van der Waals surface area contributed by atoms with Crippen LogP contribution in [0.4, 0.5) is 0 Å². The van der Waals surface area contributed by atoms with E-state index in [2.05, 4.69) is 11.8 Å². The topological polar surface area (TPSA) is 83.9 Å². The van der Waals surface area contributed by atoms with E-state index < -0.39 is 27.1 Å². The first-order chi connectivity index (χ1) is 14.9. The second kappa shape index (κ2) is 10.5. The smallest absolute Gasteiger partial charge is 0.306 e. The quantitative estimate of drug-likeness (QED) is 0.634. The summed E-state index contributed by atoms with van der Waals surface area (Å²) in [5, 5.41) is 8.52. The SMILES string of the molecule is CC#CCOc1ccc(S(=O)(=O)C(Cc2ccccc2)N2CCC(C(=O)O)CC2)cc1. The minimum absolute atomic E-state index is 0.225. The van der Waals surface area contributed by atoms with Crippen molar-refractivity contribution in [1.29, 1.82) is 0 Å². The second-order valence-electron chi connectivity index (χ2n) is 7.52. The van der Waals surface area contributed by atoms with E-state index >= 15 is 0 Å². The van der Waals surface area contributed by atoms with E-state index in [0.717, 1.165) is 5.56 Å². The highest BCUT2D eigenvalue weighted by atomic mass is 32.2. The van der Waals surface area contributed by atoms with Gasteiger partial charge in [0.05, 0.1) is 10.8 Å². The van der Waals surface area contributed by atoms with Crippen LogP contribution in [0.2, 0.25) is 0 Å². The molecule has 2 aromatic rings. The van der Waals surface area contributed by atoms with Gasteiger partial charge in [0.15, 0.2) is 9.84 Å². The minimum atomic E-state index is -3.68. The number of likely N-dealkylation sites (tertiary alicyclic amines) is 1. The molecule has 0 saturated carbocycles. The molecular weight excluding hydrogens is 414 g/mol. The van der Waals surface area contributed by atoms with Crippen molar-refractivity contribution in [3.63, 3.8) is 0 Å². The molecule has 3 rings (SSSR count). The highest BCUT2D eigenvalue weighted by Gasteiger charge is 2.36. The summed E-state index contributed by atoms with van der Waals surface area (Å²) in [6.07, 6.45) is 1.23. The summed E-state index contributed by atoms with van der Waals surface area (Å²) in [6, 6.07) is 15.9. The molecule has 1 aliphatic heterocycles. The van der Waals surface area contributed by atoms with Gasteiger partial charge in [-0.1, -0.05) is 36.3 Å². The average molecular weight is 442 g/mol. The highest BCUT2D eigenvalue weighted by molar-refractivity contribution is 7.92. The molecule has 1 saturated heterocycles. The Morgan fingerprint density at radius 3 is 2.35 bits per heavy atom. The number of nitrogens with zero attached hydrogens (tertiary/aromatic N) is 1. The van der Waals surface area contributed by atoms with Crippen LogP contribution in [0.1, 0.15) is 25.3 Å². The summed E-state index contributed by atoms with van der Waals surface area (Å²) in [7, 11) is -3.68. The van der Waals surface area contributed by atoms with Gasteiger partial charge in [-0.05, 0) is 49.6 Å². The molecule has 1 aliphatic rings. The predicted octanol–water partition coefficient (Wildman–Crippen LogP) is 3.23. The minimum Gasteiger partial charge on any atom is -0.481 e. The van der Waals surface area contributed by atoms with Gasteiger partial charge < -0.3 is 9.84 Å². The Morgan fingerprint density at radius 1 is 1.13 bits per heavy atom. The first-order valence-corrected chi connectivity index (χ1v) is 11.8. The molecule has 0 radical (unpaired) electrons. The molecule has 1 fully saturated rings. The van der Waals surface area contributed by atoms with Crippen LogP contribution >= 0.6 is 0 Å². The molecule has 1 heterocycles. The maximum atomic E-state index is 13.6. The average Bonchev–Trinajstić information content (AvgIpc) is 2.79. The number of benzene rings is 2. The first-order valence-electron chi connectivity index (χ1n) is 10.3. The lowest BCUT2D eigenvalue weighted by molar-refractivity contribution is -0.143. The van der Waals surface area contributed by atoms with E-state index in [0.29, 0.717) is 38.1 Å². The van der Waals surface area contributed by atoms with Crippen molar-refractivity contribution in [2.24, 2.45) is 5.92 Å². The maximum absolute atomic E-state index is 13.6. The number of sulfone groups is 1. The fourth-order valence-corrected chi connectivity index (χ4v) is 5.60. The van der Waals surface area contributed by atoms with Gasteiger partial charge in [-0.25, -0.2) is 8.42 Å². The zero-order chi connectivity index (χ0) is 22.3. The van der Waals surface area contributed by atoms with Crippen molar-refractivity contribution in [3.05, 3.63) is 60.2 Å². The van der Waals surface area contributed by atoms with Crippen LogP contribution in [0.5, 0.6) is 5.75 Å². The van der Waals surface area contributed by atoms with Gasteiger partial charge in [0.25, 0.3) is 0 Å². The molecule has 6 nitrogen and oxygen atoms in total. The molecule has 31 heavy (non-hydrogen) atoms. The summed E-state index contributed by atoms with van der Waals surface area (Å²) in [5.41, 5.74) is 0.925. The Hall–Kier alpha value is -2.82. The summed E-state index contributed by atoms with van der Waals surface area (Å²) in [4.78, 5) is 13.4. The molecule has 0 amide bonds. The van der Waals surface area contributed by atoms with E-state index in [1.807, 2.05) is 35.2 Å². The fraction of sp³-hybridized carbons (Fsp3) is 0.375. The van der Waals surface area contributed by atoms with Crippen LogP contribution in [0.25, 0.3) is 0 Å². The lowest BCUT2D eigenvalue weighted by Crippen LogP contribution is -2.47. The molecule has 0 spiro atoms. The van der Waals surface area contributed by atoms with E-state index in [1.54, 1.807) is 31.2 Å². The third kappa shape index (κ3) is 5.87. The van der Waals surface area contributed by atoms with Crippen molar-refractivity contribution < 1.29 is 23.1 Å². The number of aliphatic carboxylic acids is 1. The number of carboxylic acid groups (broad SMARTS) is 1. The molecule has 164 valence electrons. The maximum Gasteiger partial charge on any atom is 0.306 e. The van der Waals surface area contributed by atoms with Crippen LogP contribution in [-0.4, -0.2) is 49.5 Å². The largest absolute Gasteiger partial charge is 0.481 e. The predicted molar refractivity (Wildman–Crippen MR) is 118 cm³/mol. The van der Waals surface area contributed by atoms with Crippen molar-refractivity contribution in [3.8, 4) is 17.6 Å². The number of carboxylic acids is 1. The summed E-state index contributed by atoms with van der Waals surface area (Å²) < 4.78 is 32.7. The fourth-order valence-electron chi connectivity index (χ4n) is 3.76. The Bertz CT molecular complexity index is 1030. The molecule has 2 aromatic carbocycles. The molecule has 1 atom stereocenters. The number of carbonyl (C=O) groups is 1. The van der Waals surface area contributed by atoms with E-state index in [-0.39, 0.29) is 11.5 Å². The van der Waals surface area contributed by atoms with Crippen molar-refractivity contribution in [1.82, 2.24) is 4.90 Å². The van der Waals surface area contributed by atoms with Crippen molar-refractivity contribution >= 4 is 15.8 Å². The van der Waals surface area contributed by atoms with Crippen molar-refractivity contribution in [2.75, 3.05) is 19.7 Å². The van der Waals surface area contributed by atoms with Gasteiger partial charge in [0.2, 0.25) is 0 Å². The van der Waals surface area contributed by atoms with Crippen LogP contribution in [0.15, 0.2) is 59.5 Å². The zero-order valence-electron chi connectivity index (χ0n) is 17.5. The number of hydrogen-bond donors (Lipinski definition) is 1. The van der Waals surface area contributed by atoms with Crippen molar-refractivity contribution in [2.45, 2.75) is 36.5 Å². The number of piperidine rings is 1. The zero-order valence-corrected chi connectivity index (χ0v) is 18.3. The second-order valence-corrected chi connectivity index (χ2v) is 9.63. The third-order valence-electron chi connectivity index (χ3n) is 5.54. The normalized spacial score (nSPS) is 16.2. The molecule has 0 aliphatic carbocycles. The van der Waals surface area contributed by atoms with E-state index in [1.165, 1.54) is 0 Å². The molecule has 1 unspecified atom stereocenters. The lowest BCUT2D eigenvalue weighted by Gasteiger charge is -2.36. The van der Waals surface area contributed by atoms with Gasteiger partial charge in [-0.2, -0.15) is 0 Å². The molecular formula is C24H27NO5S. The summed E-state index contributed by atoms with van der Waals surface area (Å²) in [5.74, 6) is 4.87. The first kappa shape index (κ1) is 22.9. The summed E-state index contributed by atoms with van der Waals surface area (Å²) in [6.45, 7) is 2.85. The van der Waals surface area contributed by atoms with Crippen LogP contribution in [0, 0.1) is 17.8 Å². The third-order valence-corrected chi connectivity index (χ3v) is 7.65. The monoisotopic (exact) mass is 441 g/mol. The van der Waals surface area contributed by atoms with E-state index in [4.69, 9.17) is 4.74 Å². The van der Waals surface area contributed by atoms with E-state index in [9.17, 15) is 18.3 Å². The lowest BCUT2D eigenvalue weighted by atomic mass is 9.97. The molecule has 1 N–H and O–H groups in total. The number of rotatable bonds is 8. The Kier molecular flexibility index (Phi) is 7.72. The number of ether oxygens (including phenoxy) is 1. The molecule has 0 bridgehead atoms. The summed E-state index contributed by atoms with van der Waals surface area (Å²) >= 11 is 0. The van der Waals surface area contributed by atoms with Crippen LogP contribution in [0.3, 0.4) is 0 Å². The van der Waals surface area contributed by atoms with Crippen LogP contribution in [-0.2, 0) is 21.1 Å². The number of hydrogen-bond acceptors (Lipinski definition) is 5. The van der Waals surface area contributed by atoms with Crippen LogP contribution < -0.4 is 4.74 Å². The van der Waals surface area contributed by atoms with Gasteiger partial charge in [-0.3, -0.25) is 9.69 Å². The Labute approximate surface area is 183 Å². The Balaban J connectivity index is 1.84. The van der Waals surface area contributed by atoms with Gasteiger partial charge >= 0.3 is 5.97 Å². The highest BCUT2D eigenvalue weighted by Crippen LogP contribution is 2.28. The van der Waals surface area contributed by atoms with Gasteiger partial charge in [0, 0.05) is 19.5 Å². The standard InChI is InChI=1S/C24H27NO5S/c1-2-3-17-30-21-9-11-22(12-10-21)31(28,29)23(18-19-7-5-4-6-8-19)25-15-13-20(14-16-25)24(26)27/h4-12,20,23H,13-18H2,1H3,(H,26,27). The Morgan fingerprint density at radius 2 is 1.77 bits per heavy atom. The molecule has 7 heteroatoms.